The predicted octanol–water partition coefficient (Wildman–Crippen LogP) is 0.508. The van der Waals surface area contributed by atoms with Gasteiger partial charge in [-0.1, -0.05) is 0 Å². The molecule has 0 unspecified atom stereocenters. The maximum absolute atomic E-state index is 12.6. The molecule has 1 N–H and O–H groups in total. The van der Waals surface area contributed by atoms with Gasteiger partial charge in [-0.2, -0.15) is 0 Å². The van der Waals surface area contributed by atoms with Crippen LogP contribution in [0, 0.1) is 6.92 Å². The summed E-state index contributed by atoms with van der Waals surface area (Å²) in [7, 11) is 2.91. The molecule has 1 fully saturated rings. The number of nitrogens with one attached hydrogen (secondary N) is 1. The second-order valence-electron chi connectivity index (χ2n) is 7.45. The van der Waals surface area contributed by atoms with Crippen LogP contribution in [0.25, 0.3) is 11.2 Å². The number of aromatic nitrogens is 4. The van der Waals surface area contributed by atoms with Crippen LogP contribution in [0.4, 0.5) is 11.4 Å². The van der Waals surface area contributed by atoms with E-state index < -0.39 is 11.2 Å². The molecule has 0 spiro atoms. The lowest BCUT2D eigenvalue weighted by molar-refractivity contribution is -0.117. The minimum absolute atomic E-state index is 0.109. The number of imidazole rings is 1. The Hall–Kier alpha value is -3.69. The molecule has 10 nitrogen and oxygen atoms in total. The molecule has 4 rings (SSSR count). The number of benzene rings is 1. The molecular weight excluding hydrogens is 388 g/mol. The first-order valence-corrected chi connectivity index (χ1v) is 9.59. The largest absolute Gasteiger partial charge is 0.332 e. The van der Waals surface area contributed by atoms with Crippen molar-refractivity contribution in [2.75, 3.05) is 16.8 Å². The molecule has 2 aromatic heterocycles. The average molecular weight is 410 g/mol. The summed E-state index contributed by atoms with van der Waals surface area (Å²) in [6.45, 7) is 2.47. The predicted molar refractivity (Wildman–Crippen MR) is 112 cm³/mol. The van der Waals surface area contributed by atoms with E-state index in [0.717, 1.165) is 22.2 Å². The van der Waals surface area contributed by atoms with E-state index in [1.54, 1.807) is 11.0 Å². The second-order valence-corrected chi connectivity index (χ2v) is 7.45. The molecule has 3 aromatic rings. The molecule has 10 heteroatoms. The van der Waals surface area contributed by atoms with Gasteiger partial charge in [0.05, 0.1) is 6.33 Å². The summed E-state index contributed by atoms with van der Waals surface area (Å²) in [5.41, 5.74) is 1.77. The summed E-state index contributed by atoms with van der Waals surface area (Å²) < 4.78 is 3.68. The number of rotatable bonds is 4. The topological polar surface area (TPSA) is 111 Å². The van der Waals surface area contributed by atoms with Gasteiger partial charge in [0.2, 0.25) is 11.8 Å². The summed E-state index contributed by atoms with van der Waals surface area (Å²) >= 11 is 0. The summed E-state index contributed by atoms with van der Waals surface area (Å²) in [5, 5.41) is 2.81. The first-order chi connectivity index (χ1) is 14.3. The Morgan fingerprint density at radius 1 is 1.17 bits per heavy atom. The van der Waals surface area contributed by atoms with Gasteiger partial charge in [-0.15, -0.1) is 0 Å². The highest BCUT2D eigenvalue weighted by Gasteiger charge is 2.23. The van der Waals surface area contributed by atoms with Gasteiger partial charge in [-0.05, 0) is 37.1 Å². The summed E-state index contributed by atoms with van der Waals surface area (Å²) in [5.74, 6) is -0.229. The third kappa shape index (κ3) is 3.19. The van der Waals surface area contributed by atoms with Crippen LogP contribution in [-0.2, 0) is 30.2 Å². The Balaban J connectivity index is 1.56. The van der Waals surface area contributed by atoms with Crippen molar-refractivity contribution in [3.63, 3.8) is 0 Å². The average Bonchev–Trinajstić information content (AvgIpc) is 3.31. The Kier molecular flexibility index (Phi) is 4.76. The van der Waals surface area contributed by atoms with Crippen molar-refractivity contribution in [1.82, 2.24) is 18.7 Å². The number of amides is 2. The Labute approximate surface area is 171 Å². The molecule has 30 heavy (non-hydrogen) atoms. The van der Waals surface area contributed by atoms with Gasteiger partial charge in [0.15, 0.2) is 11.2 Å². The molecule has 1 aliphatic heterocycles. The van der Waals surface area contributed by atoms with E-state index in [1.165, 1.54) is 29.6 Å². The minimum atomic E-state index is -0.506. The lowest BCUT2D eigenvalue weighted by atomic mass is 10.1. The molecule has 156 valence electrons. The van der Waals surface area contributed by atoms with Crippen LogP contribution in [0.5, 0.6) is 0 Å². The number of carbonyl (C=O) groups is 2. The maximum Gasteiger partial charge on any atom is 0.332 e. The fourth-order valence-corrected chi connectivity index (χ4v) is 3.81. The van der Waals surface area contributed by atoms with E-state index >= 15 is 0 Å². The lowest BCUT2D eigenvalue weighted by Crippen LogP contribution is -2.37. The standard InChI is InChI=1S/C20H22N6O4/c1-12-9-13(6-7-14(12)26-8-4-5-16(26)28)22-15(27)10-25-11-21-18-17(25)19(29)24(3)20(30)23(18)2/h6-7,9,11H,4-5,8,10H2,1-3H3,(H,22,27). The number of fused-ring (bicyclic) bond motifs is 1. The van der Waals surface area contributed by atoms with Crippen LogP contribution >= 0.6 is 0 Å². The fraction of sp³-hybridized carbons (Fsp3) is 0.350. The molecule has 0 aliphatic carbocycles. The molecule has 1 aliphatic rings. The van der Waals surface area contributed by atoms with Gasteiger partial charge >= 0.3 is 5.69 Å². The van der Waals surface area contributed by atoms with E-state index in [2.05, 4.69) is 10.3 Å². The van der Waals surface area contributed by atoms with Crippen LogP contribution in [0.15, 0.2) is 34.1 Å². The SMILES string of the molecule is Cc1cc(NC(=O)Cn2cnc3c2c(=O)n(C)c(=O)n3C)ccc1N1CCCC1=O. The Bertz CT molecular complexity index is 1300. The molecule has 1 saturated heterocycles. The Morgan fingerprint density at radius 3 is 2.60 bits per heavy atom. The fourth-order valence-electron chi connectivity index (χ4n) is 3.81. The number of nitrogens with zero attached hydrogens (tertiary/aromatic N) is 5. The molecule has 3 heterocycles. The number of carbonyl (C=O) groups excluding carboxylic acids is 2. The van der Waals surface area contributed by atoms with E-state index in [9.17, 15) is 19.2 Å². The van der Waals surface area contributed by atoms with Crippen molar-refractivity contribution in [3.05, 3.63) is 50.9 Å². The van der Waals surface area contributed by atoms with Gasteiger partial charge in [-0.25, -0.2) is 9.78 Å². The van der Waals surface area contributed by atoms with Gasteiger partial charge in [0, 0.05) is 38.4 Å². The monoisotopic (exact) mass is 410 g/mol. The molecule has 1 aromatic carbocycles. The van der Waals surface area contributed by atoms with Crippen molar-refractivity contribution in [3.8, 4) is 0 Å². The van der Waals surface area contributed by atoms with E-state index in [1.807, 2.05) is 19.1 Å². The van der Waals surface area contributed by atoms with Gasteiger partial charge in [0.1, 0.15) is 6.54 Å². The zero-order valence-corrected chi connectivity index (χ0v) is 17.0. The van der Waals surface area contributed by atoms with Crippen molar-refractivity contribution in [2.45, 2.75) is 26.3 Å². The van der Waals surface area contributed by atoms with Crippen molar-refractivity contribution < 1.29 is 9.59 Å². The molecule has 0 bridgehead atoms. The number of hydrogen-bond donors (Lipinski definition) is 1. The van der Waals surface area contributed by atoms with Crippen molar-refractivity contribution in [1.29, 1.82) is 0 Å². The number of anilines is 2. The van der Waals surface area contributed by atoms with Crippen molar-refractivity contribution in [2.24, 2.45) is 14.1 Å². The highest BCUT2D eigenvalue weighted by Crippen LogP contribution is 2.27. The minimum Gasteiger partial charge on any atom is -0.325 e. The molecule has 0 radical (unpaired) electrons. The quantitative estimate of drug-likeness (QED) is 0.674. The van der Waals surface area contributed by atoms with E-state index in [4.69, 9.17) is 0 Å². The lowest BCUT2D eigenvalue weighted by Gasteiger charge is -2.19. The molecular formula is C20H22N6O4. The highest BCUT2D eigenvalue weighted by atomic mass is 16.2. The third-order valence-corrected chi connectivity index (χ3v) is 5.38. The van der Waals surface area contributed by atoms with Gasteiger partial charge < -0.3 is 14.8 Å². The smallest absolute Gasteiger partial charge is 0.325 e. The zero-order chi connectivity index (χ0) is 21.6. The van der Waals surface area contributed by atoms with Gasteiger partial charge in [-0.3, -0.25) is 23.5 Å². The van der Waals surface area contributed by atoms with E-state index in [-0.39, 0.29) is 29.5 Å². The second kappa shape index (κ2) is 7.29. The third-order valence-electron chi connectivity index (χ3n) is 5.38. The molecule has 2 amide bonds. The first kappa shape index (κ1) is 19.6. The first-order valence-electron chi connectivity index (χ1n) is 9.59. The molecule has 0 saturated carbocycles. The highest BCUT2D eigenvalue weighted by molar-refractivity contribution is 5.97. The van der Waals surface area contributed by atoms with Crippen LogP contribution in [0.2, 0.25) is 0 Å². The summed E-state index contributed by atoms with van der Waals surface area (Å²) in [6.07, 6.45) is 2.78. The van der Waals surface area contributed by atoms with Crippen LogP contribution in [0.3, 0.4) is 0 Å². The number of hydrogen-bond acceptors (Lipinski definition) is 5. The Morgan fingerprint density at radius 2 is 1.93 bits per heavy atom. The number of aryl methyl sites for hydroxylation is 2. The summed E-state index contributed by atoms with van der Waals surface area (Å²) in [4.78, 5) is 54.9. The summed E-state index contributed by atoms with van der Waals surface area (Å²) in [6, 6.07) is 5.39. The maximum atomic E-state index is 12.6. The van der Waals surface area contributed by atoms with Crippen LogP contribution < -0.4 is 21.5 Å². The molecule has 0 atom stereocenters. The zero-order valence-electron chi connectivity index (χ0n) is 17.0. The van der Waals surface area contributed by atoms with Gasteiger partial charge in [0.25, 0.3) is 5.56 Å². The van der Waals surface area contributed by atoms with E-state index in [0.29, 0.717) is 18.7 Å². The normalized spacial score (nSPS) is 14.0. The van der Waals surface area contributed by atoms with Crippen molar-refractivity contribution >= 4 is 34.4 Å². The van der Waals surface area contributed by atoms with Crippen LogP contribution in [-0.4, -0.2) is 37.0 Å². The van der Waals surface area contributed by atoms with Crippen LogP contribution in [0.1, 0.15) is 18.4 Å².